The van der Waals surface area contributed by atoms with Gasteiger partial charge in [0.05, 0.1) is 14.4 Å². The van der Waals surface area contributed by atoms with Gasteiger partial charge in [0.1, 0.15) is 0 Å². The van der Waals surface area contributed by atoms with Crippen LogP contribution in [0.2, 0.25) is 0 Å². The summed E-state index contributed by atoms with van der Waals surface area (Å²) in [7, 11) is 0. The summed E-state index contributed by atoms with van der Waals surface area (Å²) in [5.74, 6) is -1.28. The zero-order valence-corrected chi connectivity index (χ0v) is 10.7. The maximum absolute atomic E-state index is 10.8. The average Bonchev–Trinajstić information content (AvgIpc) is 2.64. The van der Waals surface area contributed by atoms with Crippen molar-refractivity contribution in [1.82, 2.24) is 9.97 Å². The molecular weight excluding hydrogens is 292 g/mol. The monoisotopic (exact) mass is 298 g/mol. The summed E-state index contributed by atoms with van der Waals surface area (Å²) in [6, 6.07) is 5.56. The molecule has 0 radical (unpaired) electrons. The van der Waals surface area contributed by atoms with Gasteiger partial charge in [0.25, 0.3) is 0 Å². The fourth-order valence-electron chi connectivity index (χ4n) is 1.24. The molecule has 6 heteroatoms. The Morgan fingerprint density at radius 3 is 2.75 bits per heavy atom. The predicted octanol–water partition coefficient (Wildman–Crippen LogP) is 2.97. The van der Waals surface area contributed by atoms with E-state index in [9.17, 15) is 4.79 Å². The lowest BCUT2D eigenvalue weighted by Crippen LogP contribution is -2.05. The summed E-state index contributed by atoms with van der Waals surface area (Å²) in [5.41, 5.74) is 1.28. The lowest BCUT2D eigenvalue weighted by atomic mass is 10.3. The number of hydrogen-bond acceptors (Lipinski definition) is 4. The molecule has 2 aromatic rings. The Morgan fingerprint density at radius 1 is 1.44 bits per heavy atom. The molecule has 0 aliphatic heterocycles. The number of thiophene rings is 1. The van der Waals surface area contributed by atoms with Gasteiger partial charge in [0, 0.05) is 5.69 Å². The van der Waals surface area contributed by atoms with Crippen molar-refractivity contribution in [2.45, 2.75) is 6.92 Å². The second-order valence-corrected chi connectivity index (χ2v) is 5.59. The van der Waals surface area contributed by atoms with Gasteiger partial charge in [-0.2, -0.15) is 0 Å². The zero-order chi connectivity index (χ0) is 11.7. The highest BCUT2D eigenvalue weighted by Gasteiger charge is 2.11. The van der Waals surface area contributed by atoms with E-state index < -0.39 is 5.97 Å². The van der Waals surface area contributed by atoms with E-state index in [4.69, 9.17) is 5.11 Å². The van der Waals surface area contributed by atoms with Crippen LogP contribution in [0, 0.1) is 6.92 Å². The number of aryl methyl sites for hydroxylation is 1. The first-order valence-electron chi connectivity index (χ1n) is 4.41. The van der Waals surface area contributed by atoms with Crippen LogP contribution >= 0.6 is 27.3 Å². The molecule has 2 heterocycles. The van der Waals surface area contributed by atoms with Crippen molar-refractivity contribution in [3.63, 3.8) is 0 Å². The van der Waals surface area contributed by atoms with E-state index in [2.05, 4.69) is 25.9 Å². The summed E-state index contributed by atoms with van der Waals surface area (Å²) in [5, 5.41) is 8.85. The molecule has 2 rings (SSSR count). The molecule has 0 amide bonds. The van der Waals surface area contributed by atoms with Gasteiger partial charge < -0.3 is 5.11 Å². The third-order valence-corrected chi connectivity index (χ3v) is 3.52. The number of halogens is 1. The topological polar surface area (TPSA) is 63.1 Å². The number of aromatic carboxylic acids is 1. The molecule has 0 saturated heterocycles. The molecule has 0 spiro atoms. The van der Waals surface area contributed by atoms with Gasteiger partial charge >= 0.3 is 5.97 Å². The number of carbonyl (C=O) groups is 1. The molecule has 2 aromatic heterocycles. The minimum absolute atomic E-state index is 0.167. The minimum atomic E-state index is -1.11. The first-order chi connectivity index (χ1) is 7.56. The molecule has 1 N–H and O–H groups in total. The average molecular weight is 299 g/mol. The summed E-state index contributed by atoms with van der Waals surface area (Å²) < 4.78 is 0.982. The van der Waals surface area contributed by atoms with Crippen molar-refractivity contribution in [2.24, 2.45) is 0 Å². The molecule has 0 aromatic carbocycles. The number of rotatable bonds is 2. The molecule has 0 aliphatic rings. The normalized spacial score (nSPS) is 10.4. The molecule has 0 atom stereocenters. The number of carboxylic acid groups (broad SMARTS) is 1. The first-order valence-corrected chi connectivity index (χ1v) is 6.02. The molecule has 0 saturated carbocycles. The number of carboxylic acids is 1. The molecule has 0 aliphatic carbocycles. The van der Waals surface area contributed by atoms with Gasteiger partial charge in [0.15, 0.2) is 0 Å². The van der Waals surface area contributed by atoms with Crippen molar-refractivity contribution in [3.8, 4) is 10.6 Å². The van der Waals surface area contributed by atoms with Crippen molar-refractivity contribution in [1.29, 1.82) is 0 Å². The van der Waals surface area contributed by atoms with Gasteiger partial charge in [-0.3, -0.25) is 0 Å². The van der Waals surface area contributed by atoms with Gasteiger partial charge in [-0.15, -0.1) is 11.3 Å². The quantitative estimate of drug-likeness (QED) is 0.926. The van der Waals surface area contributed by atoms with Crippen LogP contribution in [0.15, 0.2) is 22.0 Å². The largest absolute Gasteiger partial charge is 0.475 e. The van der Waals surface area contributed by atoms with Crippen molar-refractivity contribution in [3.05, 3.63) is 33.5 Å². The van der Waals surface area contributed by atoms with E-state index in [-0.39, 0.29) is 5.82 Å². The highest BCUT2D eigenvalue weighted by molar-refractivity contribution is 9.11. The molecule has 0 fully saturated rings. The number of hydrogen-bond donors (Lipinski definition) is 1. The van der Waals surface area contributed by atoms with Crippen LogP contribution in [0.4, 0.5) is 0 Å². The van der Waals surface area contributed by atoms with Gasteiger partial charge in [0.2, 0.25) is 5.82 Å². The smallest absolute Gasteiger partial charge is 0.373 e. The lowest BCUT2D eigenvalue weighted by molar-refractivity contribution is 0.0683. The fourth-order valence-corrected chi connectivity index (χ4v) is 2.59. The van der Waals surface area contributed by atoms with Crippen LogP contribution in [0.25, 0.3) is 10.6 Å². The molecule has 82 valence electrons. The number of aromatic nitrogens is 2. The first kappa shape index (κ1) is 11.2. The molecular formula is C10H7BrN2O2S. The Morgan fingerprint density at radius 2 is 2.19 bits per heavy atom. The van der Waals surface area contributed by atoms with E-state index in [1.165, 1.54) is 11.3 Å². The summed E-state index contributed by atoms with van der Waals surface area (Å²) in [6.45, 7) is 1.75. The van der Waals surface area contributed by atoms with Gasteiger partial charge in [-0.1, -0.05) is 0 Å². The Hall–Kier alpha value is -1.27. The molecule has 16 heavy (non-hydrogen) atoms. The van der Waals surface area contributed by atoms with Crippen LogP contribution in [0.1, 0.15) is 16.3 Å². The lowest BCUT2D eigenvalue weighted by Gasteiger charge is -2.00. The van der Waals surface area contributed by atoms with E-state index in [1.807, 2.05) is 12.1 Å². The predicted molar refractivity (Wildman–Crippen MR) is 64.7 cm³/mol. The maximum Gasteiger partial charge on any atom is 0.373 e. The Balaban J connectivity index is 2.53. The second kappa shape index (κ2) is 4.31. The SMILES string of the molecule is Cc1cc(-c2ccc(Br)s2)nc(C(=O)O)n1. The summed E-state index contributed by atoms with van der Waals surface area (Å²) >= 11 is 4.86. The van der Waals surface area contributed by atoms with E-state index >= 15 is 0 Å². The highest BCUT2D eigenvalue weighted by Crippen LogP contribution is 2.30. The summed E-state index contributed by atoms with van der Waals surface area (Å²) in [6.07, 6.45) is 0. The fraction of sp³-hybridized carbons (Fsp3) is 0.100. The minimum Gasteiger partial charge on any atom is -0.475 e. The maximum atomic E-state index is 10.8. The van der Waals surface area contributed by atoms with Crippen molar-refractivity contribution in [2.75, 3.05) is 0 Å². The highest BCUT2D eigenvalue weighted by atomic mass is 79.9. The summed E-state index contributed by atoms with van der Waals surface area (Å²) in [4.78, 5) is 19.6. The Kier molecular flexibility index (Phi) is 3.02. The number of nitrogens with zero attached hydrogens (tertiary/aromatic N) is 2. The van der Waals surface area contributed by atoms with Crippen LogP contribution in [0.5, 0.6) is 0 Å². The molecule has 0 bridgehead atoms. The van der Waals surface area contributed by atoms with Crippen molar-refractivity contribution < 1.29 is 9.90 Å². The Labute approximate surface area is 104 Å². The Bertz CT molecular complexity index is 554. The third-order valence-electron chi connectivity index (χ3n) is 1.87. The van der Waals surface area contributed by atoms with Crippen LogP contribution < -0.4 is 0 Å². The second-order valence-electron chi connectivity index (χ2n) is 3.13. The van der Waals surface area contributed by atoms with Crippen molar-refractivity contribution >= 4 is 33.2 Å². The van der Waals surface area contributed by atoms with Crippen LogP contribution in [-0.4, -0.2) is 21.0 Å². The third kappa shape index (κ3) is 2.28. The van der Waals surface area contributed by atoms with Gasteiger partial charge in [-0.05, 0) is 41.1 Å². The standard InChI is InChI=1S/C10H7BrN2O2S/c1-5-4-6(7-2-3-8(11)16-7)13-9(12-5)10(14)15/h2-4H,1H3,(H,14,15). The van der Waals surface area contributed by atoms with E-state index in [1.54, 1.807) is 13.0 Å². The van der Waals surface area contributed by atoms with Gasteiger partial charge in [-0.25, -0.2) is 14.8 Å². The zero-order valence-electron chi connectivity index (χ0n) is 8.27. The molecule has 4 nitrogen and oxygen atoms in total. The van der Waals surface area contributed by atoms with Crippen LogP contribution in [0.3, 0.4) is 0 Å². The molecule has 0 unspecified atom stereocenters. The van der Waals surface area contributed by atoms with E-state index in [0.717, 1.165) is 8.66 Å². The van der Waals surface area contributed by atoms with Crippen LogP contribution in [-0.2, 0) is 0 Å². The van der Waals surface area contributed by atoms with E-state index in [0.29, 0.717) is 11.4 Å².